The average Bonchev–Trinajstić information content (AvgIpc) is 3.22. The van der Waals surface area contributed by atoms with Gasteiger partial charge in [-0.1, -0.05) is 78.9 Å². The van der Waals surface area contributed by atoms with E-state index in [9.17, 15) is 9.59 Å². The van der Waals surface area contributed by atoms with E-state index in [0.29, 0.717) is 34.8 Å². The Morgan fingerprint density at radius 2 is 1.57 bits per heavy atom. The first-order valence-electron chi connectivity index (χ1n) is 12.2. The van der Waals surface area contributed by atoms with Crippen LogP contribution in [0.3, 0.4) is 0 Å². The molecule has 1 heterocycles. The van der Waals surface area contributed by atoms with Crippen molar-refractivity contribution < 1.29 is 19.1 Å². The first-order chi connectivity index (χ1) is 18.1. The highest BCUT2D eigenvalue weighted by atomic mass is 16.5. The minimum absolute atomic E-state index is 0.0960. The molecule has 0 unspecified atom stereocenters. The third-order valence-electron chi connectivity index (χ3n) is 7.09. The smallest absolute Gasteiger partial charge is 0.336 e. The van der Waals surface area contributed by atoms with Crippen molar-refractivity contribution in [2.45, 2.75) is 19.4 Å². The Hall–Kier alpha value is -4.64. The minimum Gasteiger partial charge on any atom is -0.489 e. The molecule has 0 aromatic heterocycles. The number of carbonyl (C=O) groups is 2. The molecule has 5 heteroatoms. The molecule has 2 aliphatic rings. The van der Waals surface area contributed by atoms with Gasteiger partial charge in [-0.2, -0.15) is 0 Å². The molecular formula is C32H25NO4. The number of ether oxygens (including phenoxy) is 2. The van der Waals surface area contributed by atoms with E-state index in [4.69, 9.17) is 9.47 Å². The van der Waals surface area contributed by atoms with Gasteiger partial charge in [-0.3, -0.25) is 4.79 Å². The molecule has 4 aromatic carbocycles. The van der Waals surface area contributed by atoms with Crippen molar-refractivity contribution in [3.05, 3.63) is 130 Å². The summed E-state index contributed by atoms with van der Waals surface area (Å²) >= 11 is 0. The van der Waals surface area contributed by atoms with E-state index in [1.165, 1.54) is 12.5 Å². The topological polar surface area (TPSA) is 64.6 Å². The van der Waals surface area contributed by atoms with Gasteiger partial charge in [0.05, 0.1) is 24.3 Å². The van der Waals surface area contributed by atoms with E-state index in [1.807, 2.05) is 67.6 Å². The number of ketones is 1. The van der Waals surface area contributed by atoms with Gasteiger partial charge in [-0.15, -0.1) is 0 Å². The van der Waals surface area contributed by atoms with Gasteiger partial charge >= 0.3 is 5.97 Å². The molecule has 0 radical (unpaired) electrons. The van der Waals surface area contributed by atoms with E-state index in [-0.39, 0.29) is 5.78 Å². The Bertz CT molecular complexity index is 1650. The van der Waals surface area contributed by atoms with Crippen LogP contribution in [0, 0.1) is 0 Å². The van der Waals surface area contributed by atoms with Gasteiger partial charge < -0.3 is 14.8 Å². The Balaban J connectivity index is 1.43. The van der Waals surface area contributed by atoms with Crippen LogP contribution in [-0.2, 0) is 16.1 Å². The van der Waals surface area contributed by atoms with Gasteiger partial charge in [0.2, 0.25) is 0 Å². The number of hydrogen-bond acceptors (Lipinski definition) is 5. The van der Waals surface area contributed by atoms with Crippen LogP contribution in [0.25, 0.3) is 16.5 Å². The van der Waals surface area contributed by atoms with Crippen molar-refractivity contribution >= 4 is 28.2 Å². The molecular weight excluding hydrogens is 462 g/mol. The molecule has 1 aliphatic heterocycles. The summed E-state index contributed by atoms with van der Waals surface area (Å²) in [7, 11) is 1.36. The fraction of sp³-hybridized carbons (Fsp3) is 0.125. The van der Waals surface area contributed by atoms with Crippen LogP contribution in [-0.4, -0.2) is 18.9 Å². The van der Waals surface area contributed by atoms with Crippen molar-refractivity contribution in [1.29, 1.82) is 0 Å². The lowest BCUT2D eigenvalue weighted by molar-refractivity contribution is -0.136. The van der Waals surface area contributed by atoms with Gasteiger partial charge in [0.1, 0.15) is 12.4 Å². The summed E-state index contributed by atoms with van der Waals surface area (Å²) < 4.78 is 11.5. The summed E-state index contributed by atoms with van der Waals surface area (Å²) in [6, 6.07) is 29.6. The van der Waals surface area contributed by atoms with Crippen molar-refractivity contribution in [3.63, 3.8) is 0 Å². The number of rotatable bonds is 5. The predicted molar refractivity (Wildman–Crippen MR) is 143 cm³/mol. The van der Waals surface area contributed by atoms with Gasteiger partial charge in [0.15, 0.2) is 5.78 Å². The fourth-order valence-electron chi connectivity index (χ4n) is 5.36. The van der Waals surface area contributed by atoms with Crippen molar-refractivity contribution in [3.8, 4) is 5.75 Å². The molecule has 0 bridgehead atoms. The largest absolute Gasteiger partial charge is 0.489 e. The molecule has 4 aromatic rings. The quantitative estimate of drug-likeness (QED) is 0.342. The number of methoxy groups -OCH3 is 1. The molecule has 0 saturated heterocycles. The number of dihydropyridines is 1. The molecule has 182 valence electrons. The Labute approximate surface area is 215 Å². The summed E-state index contributed by atoms with van der Waals surface area (Å²) in [4.78, 5) is 26.7. The van der Waals surface area contributed by atoms with Crippen molar-refractivity contribution in [1.82, 2.24) is 5.32 Å². The summed E-state index contributed by atoms with van der Waals surface area (Å²) in [6.45, 7) is 2.19. The van der Waals surface area contributed by atoms with Crippen LogP contribution in [0.4, 0.5) is 0 Å². The molecule has 1 aliphatic carbocycles. The van der Waals surface area contributed by atoms with Crippen LogP contribution in [0.5, 0.6) is 5.75 Å². The number of Topliss-reactive ketones (excluding diaryl/α,β-unsaturated/α-hetero) is 1. The Morgan fingerprint density at radius 3 is 2.38 bits per heavy atom. The molecule has 1 N–H and O–H groups in total. The second kappa shape index (κ2) is 9.10. The Kier molecular flexibility index (Phi) is 5.61. The molecule has 6 rings (SSSR count). The first kappa shape index (κ1) is 22.8. The highest BCUT2D eigenvalue weighted by Gasteiger charge is 2.43. The second-order valence-corrected chi connectivity index (χ2v) is 9.26. The van der Waals surface area contributed by atoms with Crippen LogP contribution in [0.2, 0.25) is 0 Å². The number of nitrogens with one attached hydrogen (secondary N) is 1. The summed E-state index contributed by atoms with van der Waals surface area (Å²) in [6.07, 6.45) is 0. The molecule has 0 spiro atoms. The van der Waals surface area contributed by atoms with E-state index in [0.717, 1.165) is 27.8 Å². The lowest BCUT2D eigenvalue weighted by Crippen LogP contribution is -2.29. The molecule has 0 amide bonds. The molecule has 1 atom stereocenters. The average molecular weight is 488 g/mol. The summed E-state index contributed by atoms with van der Waals surface area (Å²) in [5.41, 5.74) is 5.58. The van der Waals surface area contributed by atoms with Crippen LogP contribution in [0.1, 0.15) is 39.9 Å². The summed E-state index contributed by atoms with van der Waals surface area (Å²) in [5.74, 6) is -0.584. The van der Waals surface area contributed by atoms with Crippen LogP contribution in [0.15, 0.2) is 108 Å². The number of carbonyl (C=O) groups excluding carboxylic acids is 2. The number of hydrogen-bond donors (Lipinski definition) is 1. The van der Waals surface area contributed by atoms with E-state index in [2.05, 4.69) is 35.6 Å². The minimum atomic E-state index is -0.628. The molecule has 5 nitrogen and oxygen atoms in total. The van der Waals surface area contributed by atoms with Crippen LogP contribution >= 0.6 is 0 Å². The van der Waals surface area contributed by atoms with Crippen LogP contribution < -0.4 is 10.1 Å². The summed E-state index contributed by atoms with van der Waals surface area (Å²) in [5, 5.41) is 5.64. The maximum atomic E-state index is 13.7. The standard InChI is InChI=1S/C32H25NO4/c1-19-27(32(35)36-2)28(29-30(33-19)23-11-5-6-12-24(23)31(29)34)25-13-7-8-14-26(25)37-18-20-15-16-21-9-3-4-10-22(21)17-20/h3-17,28,33H,18H2,1-2H3/t28-/m0/s1. The van der Waals surface area contributed by atoms with Crippen molar-refractivity contribution in [2.75, 3.05) is 7.11 Å². The number of benzene rings is 4. The lowest BCUT2D eigenvalue weighted by atomic mass is 9.79. The van der Waals surface area contributed by atoms with Gasteiger partial charge in [0.25, 0.3) is 0 Å². The fourth-order valence-corrected chi connectivity index (χ4v) is 5.36. The maximum absolute atomic E-state index is 13.7. The monoisotopic (exact) mass is 487 g/mol. The zero-order valence-corrected chi connectivity index (χ0v) is 20.6. The van der Waals surface area contributed by atoms with Gasteiger partial charge in [-0.25, -0.2) is 4.79 Å². The SMILES string of the molecule is COC(=O)C1=C(C)NC2=C(C(=O)c3ccccc32)[C@H]1c1ccccc1OCc1ccc2ccccc2c1. The van der Waals surface area contributed by atoms with E-state index < -0.39 is 11.9 Å². The number of fused-ring (bicyclic) bond motifs is 3. The first-order valence-corrected chi connectivity index (χ1v) is 12.2. The highest BCUT2D eigenvalue weighted by molar-refractivity contribution is 6.23. The second-order valence-electron chi connectivity index (χ2n) is 9.26. The third kappa shape index (κ3) is 3.80. The molecule has 0 fully saturated rings. The van der Waals surface area contributed by atoms with E-state index >= 15 is 0 Å². The third-order valence-corrected chi connectivity index (χ3v) is 7.09. The molecule has 37 heavy (non-hydrogen) atoms. The van der Waals surface area contributed by atoms with E-state index in [1.54, 1.807) is 0 Å². The highest BCUT2D eigenvalue weighted by Crippen LogP contribution is 2.48. The normalized spacial score (nSPS) is 16.4. The number of esters is 1. The predicted octanol–water partition coefficient (Wildman–Crippen LogP) is 6.16. The zero-order valence-electron chi connectivity index (χ0n) is 20.6. The Morgan fingerprint density at radius 1 is 0.865 bits per heavy atom. The maximum Gasteiger partial charge on any atom is 0.336 e. The number of allylic oxidation sites excluding steroid dienone is 2. The zero-order chi connectivity index (χ0) is 25.5. The lowest BCUT2D eigenvalue weighted by Gasteiger charge is -2.30. The number of para-hydroxylation sites is 1. The van der Waals surface area contributed by atoms with Gasteiger partial charge in [-0.05, 0) is 35.4 Å². The van der Waals surface area contributed by atoms with Crippen molar-refractivity contribution in [2.24, 2.45) is 0 Å². The molecule has 0 saturated carbocycles. The van der Waals surface area contributed by atoms with Gasteiger partial charge in [0, 0.05) is 28.0 Å².